The Morgan fingerprint density at radius 2 is 1.83 bits per heavy atom. The Morgan fingerprint density at radius 3 is 2.61 bits per heavy atom. The summed E-state index contributed by atoms with van der Waals surface area (Å²) in [6.45, 7) is 0.564. The lowest BCUT2D eigenvalue weighted by molar-refractivity contribution is -0.128. The summed E-state index contributed by atoms with van der Waals surface area (Å²) in [5.74, 6) is 0.542. The van der Waals surface area contributed by atoms with E-state index in [1.165, 1.54) is 42.6 Å². The highest BCUT2D eigenvalue weighted by Crippen LogP contribution is 2.43. The van der Waals surface area contributed by atoms with E-state index in [4.69, 9.17) is 0 Å². The minimum Gasteiger partial charge on any atom is -0.323 e. The van der Waals surface area contributed by atoms with E-state index >= 15 is 0 Å². The zero-order valence-electron chi connectivity index (χ0n) is 13.2. The molecule has 2 saturated carbocycles. The van der Waals surface area contributed by atoms with Crippen LogP contribution >= 0.6 is 11.3 Å². The lowest BCUT2D eigenvalue weighted by Crippen LogP contribution is -2.41. The zero-order chi connectivity index (χ0) is 16.0. The maximum atomic E-state index is 12.8. The monoisotopic (exact) mass is 331 g/mol. The number of Topliss-reactive ketones (excluding diaryl/α,β-unsaturated/α-hetero) is 2. The van der Waals surface area contributed by atoms with Crippen LogP contribution in [0.5, 0.6) is 0 Å². The molecule has 5 heteroatoms. The molecule has 1 aromatic heterocycles. The van der Waals surface area contributed by atoms with Gasteiger partial charge in [0.2, 0.25) is 0 Å². The van der Waals surface area contributed by atoms with Crippen molar-refractivity contribution in [3.63, 3.8) is 0 Å². The molecule has 4 nitrogen and oxygen atoms in total. The Balaban J connectivity index is 1.59. The summed E-state index contributed by atoms with van der Waals surface area (Å²) >= 11 is 1.54. The van der Waals surface area contributed by atoms with Gasteiger partial charge in [0.1, 0.15) is 5.78 Å². The maximum Gasteiger partial charge on any atom is 0.265 e. The van der Waals surface area contributed by atoms with Crippen LogP contribution in [0.15, 0.2) is 5.38 Å². The van der Waals surface area contributed by atoms with Gasteiger partial charge in [0.15, 0.2) is 5.78 Å². The van der Waals surface area contributed by atoms with Crippen LogP contribution in [0.3, 0.4) is 0 Å². The summed E-state index contributed by atoms with van der Waals surface area (Å²) in [5.41, 5.74) is 2.51. The Kier molecular flexibility index (Phi) is 3.84. The minimum absolute atomic E-state index is 0.00180. The van der Waals surface area contributed by atoms with Crippen molar-refractivity contribution in [3.05, 3.63) is 21.4 Å². The Labute approximate surface area is 139 Å². The SMILES string of the molecule is O=C1CCC[C@H](N2Cc3c(C4CCCC4)csc3C2=O)C(=O)C1. The van der Waals surface area contributed by atoms with Crippen LogP contribution in [0.1, 0.15) is 78.1 Å². The fourth-order valence-corrected chi connectivity index (χ4v) is 5.45. The van der Waals surface area contributed by atoms with Crippen molar-refractivity contribution in [2.75, 3.05) is 0 Å². The molecular formula is C18H21NO3S. The molecule has 0 N–H and O–H groups in total. The molecule has 2 heterocycles. The fraction of sp³-hybridized carbons (Fsp3) is 0.611. The summed E-state index contributed by atoms with van der Waals surface area (Å²) in [6.07, 6.45) is 6.79. The predicted octanol–water partition coefficient (Wildman–Crippen LogP) is 3.44. The number of hydrogen-bond donors (Lipinski definition) is 0. The van der Waals surface area contributed by atoms with Crippen LogP contribution in [0.25, 0.3) is 0 Å². The summed E-state index contributed by atoms with van der Waals surface area (Å²) in [5, 5.41) is 2.16. The second-order valence-electron chi connectivity index (χ2n) is 7.00. The number of carbonyl (C=O) groups excluding carboxylic acids is 3. The number of amides is 1. The van der Waals surface area contributed by atoms with Gasteiger partial charge in [0.25, 0.3) is 5.91 Å². The number of thiophene rings is 1. The molecule has 0 bridgehead atoms. The Hall–Kier alpha value is -1.49. The molecule has 2 aliphatic carbocycles. The second-order valence-corrected chi connectivity index (χ2v) is 7.88. The second kappa shape index (κ2) is 5.86. The van der Waals surface area contributed by atoms with Gasteiger partial charge in [-0.1, -0.05) is 12.8 Å². The van der Waals surface area contributed by atoms with Crippen molar-refractivity contribution in [2.45, 2.75) is 69.9 Å². The summed E-state index contributed by atoms with van der Waals surface area (Å²) < 4.78 is 0. The van der Waals surface area contributed by atoms with E-state index in [1.54, 1.807) is 4.90 Å². The molecule has 23 heavy (non-hydrogen) atoms. The lowest BCUT2D eigenvalue weighted by Gasteiger charge is -2.25. The van der Waals surface area contributed by atoms with Crippen LogP contribution in [0.4, 0.5) is 0 Å². The average Bonchev–Trinajstić information content (AvgIpc) is 3.20. The van der Waals surface area contributed by atoms with Crippen molar-refractivity contribution in [2.24, 2.45) is 0 Å². The van der Waals surface area contributed by atoms with E-state index < -0.39 is 6.04 Å². The maximum absolute atomic E-state index is 12.8. The molecule has 1 atom stereocenters. The highest BCUT2D eigenvalue weighted by Gasteiger charge is 2.40. The highest BCUT2D eigenvalue weighted by atomic mass is 32.1. The fourth-order valence-electron chi connectivity index (χ4n) is 4.33. The number of nitrogens with zero attached hydrogens (tertiary/aromatic N) is 1. The molecule has 1 aliphatic heterocycles. The van der Waals surface area contributed by atoms with E-state index in [-0.39, 0.29) is 23.9 Å². The van der Waals surface area contributed by atoms with Crippen LogP contribution in [0, 0.1) is 0 Å². The molecule has 0 spiro atoms. The normalized spacial score (nSPS) is 26.0. The predicted molar refractivity (Wildman–Crippen MR) is 87.7 cm³/mol. The molecule has 3 aliphatic rings. The van der Waals surface area contributed by atoms with Crippen molar-refractivity contribution in [1.82, 2.24) is 4.90 Å². The quantitative estimate of drug-likeness (QED) is 0.616. The number of ketones is 2. The van der Waals surface area contributed by atoms with Gasteiger partial charge in [0, 0.05) is 13.0 Å². The third-order valence-electron chi connectivity index (χ3n) is 5.56. The number of hydrogen-bond acceptors (Lipinski definition) is 4. The molecule has 0 aromatic carbocycles. The van der Waals surface area contributed by atoms with Gasteiger partial charge in [-0.25, -0.2) is 0 Å². The van der Waals surface area contributed by atoms with E-state index in [0.717, 1.165) is 10.4 Å². The van der Waals surface area contributed by atoms with Gasteiger partial charge in [-0.15, -0.1) is 11.3 Å². The van der Waals surface area contributed by atoms with Crippen molar-refractivity contribution < 1.29 is 14.4 Å². The molecule has 122 valence electrons. The molecule has 0 saturated heterocycles. The van der Waals surface area contributed by atoms with Gasteiger partial charge < -0.3 is 4.90 Å². The van der Waals surface area contributed by atoms with Gasteiger partial charge in [0.05, 0.1) is 17.3 Å². The van der Waals surface area contributed by atoms with Crippen LogP contribution in [0.2, 0.25) is 0 Å². The molecule has 1 amide bonds. The third-order valence-corrected chi connectivity index (χ3v) is 6.59. The molecule has 2 fully saturated rings. The minimum atomic E-state index is -0.398. The van der Waals surface area contributed by atoms with Crippen molar-refractivity contribution in [1.29, 1.82) is 0 Å². The summed E-state index contributed by atoms with van der Waals surface area (Å²) in [6, 6.07) is -0.398. The standard InChI is InChI=1S/C18H21NO3S/c20-12-6-3-7-15(16(21)8-12)19-9-13-14(11-4-1-2-5-11)10-23-17(13)18(19)22/h10-11,15H,1-9H2/t15-/m0/s1. The van der Waals surface area contributed by atoms with Crippen molar-refractivity contribution >= 4 is 28.8 Å². The first-order valence-corrected chi connectivity index (χ1v) is 9.48. The molecule has 0 unspecified atom stereocenters. The van der Waals surface area contributed by atoms with E-state index in [0.29, 0.717) is 31.7 Å². The zero-order valence-corrected chi connectivity index (χ0v) is 14.0. The van der Waals surface area contributed by atoms with Gasteiger partial charge in [-0.05, 0) is 48.1 Å². The van der Waals surface area contributed by atoms with E-state index in [1.807, 2.05) is 0 Å². The van der Waals surface area contributed by atoms with Gasteiger partial charge >= 0.3 is 0 Å². The first-order chi connectivity index (χ1) is 11.1. The highest BCUT2D eigenvalue weighted by molar-refractivity contribution is 7.12. The van der Waals surface area contributed by atoms with Gasteiger partial charge in [-0.2, -0.15) is 0 Å². The summed E-state index contributed by atoms with van der Waals surface area (Å²) in [7, 11) is 0. The van der Waals surface area contributed by atoms with E-state index in [2.05, 4.69) is 5.38 Å². The lowest BCUT2D eigenvalue weighted by atomic mass is 9.96. The Morgan fingerprint density at radius 1 is 1.04 bits per heavy atom. The first-order valence-electron chi connectivity index (χ1n) is 8.61. The number of rotatable bonds is 2. The number of fused-ring (bicyclic) bond motifs is 1. The van der Waals surface area contributed by atoms with Crippen LogP contribution in [-0.2, 0) is 16.1 Å². The van der Waals surface area contributed by atoms with E-state index in [9.17, 15) is 14.4 Å². The molecule has 1 aromatic rings. The first kappa shape index (κ1) is 15.1. The molecule has 4 rings (SSSR count). The average molecular weight is 331 g/mol. The smallest absolute Gasteiger partial charge is 0.265 e. The Bertz CT molecular complexity index is 672. The topological polar surface area (TPSA) is 54.5 Å². The third kappa shape index (κ3) is 2.55. The summed E-state index contributed by atoms with van der Waals surface area (Å²) in [4.78, 5) is 39.3. The van der Waals surface area contributed by atoms with Gasteiger partial charge in [-0.3, -0.25) is 14.4 Å². The van der Waals surface area contributed by atoms with Crippen LogP contribution in [-0.4, -0.2) is 28.4 Å². The van der Waals surface area contributed by atoms with Crippen LogP contribution < -0.4 is 0 Å². The number of carbonyl (C=O) groups is 3. The van der Waals surface area contributed by atoms with Crippen molar-refractivity contribution in [3.8, 4) is 0 Å². The molecule has 0 radical (unpaired) electrons. The largest absolute Gasteiger partial charge is 0.323 e. The molecular weight excluding hydrogens is 310 g/mol.